The first-order valence-electron chi connectivity index (χ1n) is 4.33. The number of hydrogen-bond donors (Lipinski definition) is 0. The second kappa shape index (κ2) is 1.88. The molecule has 1 fully saturated rings. The summed E-state index contributed by atoms with van der Waals surface area (Å²) in [6, 6.07) is 0. The fourth-order valence-corrected chi connectivity index (χ4v) is 2.61. The second-order valence-electron chi connectivity index (χ2n) is 3.79. The van der Waals surface area contributed by atoms with Crippen LogP contribution >= 0.6 is 0 Å². The van der Waals surface area contributed by atoms with Crippen LogP contribution in [0.4, 0.5) is 0 Å². The van der Waals surface area contributed by atoms with Crippen molar-refractivity contribution in [3.8, 4) is 0 Å². The molecule has 1 saturated heterocycles. The zero-order chi connectivity index (χ0) is 8.29. The third kappa shape index (κ3) is 0.581. The van der Waals surface area contributed by atoms with Gasteiger partial charge in [-0.15, -0.1) is 0 Å². The van der Waals surface area contributed by atoms with Crippen molar-refractivity contribution in [3.05, 3.63) is 23.8 Å². The van der Waals surface area contributed by atoms with Gasteiger partial charge in [0.25, 0.3) is 0 Å². The Balaban J connectivity index is 2.09. The number of hydrogen-bond acceptors (Lipinski definition) is 2. The number of allylic oxidation sites excluding steroid dienone is 1. The average Bonchev–Trinajstić information content (AvgIpc) is 2.64. The summed E-state index contributed by atoms with van der Waals surface area (Å²) in [6.45, 7) is 2.03. The van der Waals surface area contributed by atoms with E-state index in [2.05, 4.69) is 6.08 Å². The molecule has 2 heteroatoms. The van der Waals surface area contributed by atoms with Crippen LogP contribution in [-0.2, 0) is 9.53 Å². The highest BCUT2D eigenvalue weighted by atomic mass is 16.5. The van der Waals surface area contributed by atoms with Crippen LogP contribution < -0.4 is 0 Å². The summed E-state index contributed by atoms with van der Waals surface area (Å²) in [4.78, 5) is 11.5. The van der Waals surface area contributed by atoms with Gasteiger partial charge in [0, 0.05) is 5.92 Å². The Labute approximate surface area is 70.9 Å². The molecular formula is C10H10O2. The standard InChI is InChI=1S/C10H10O2/c1-5-4-6(11)10-8-3-2-7(12-8)9(5)10/h2-4,7-10H,1H3/t7-,8+,9-,10+/m0/s1. The van der Waals surface area contributed by atoms with E-state index >= 15 is 0 Å². The van der Waals surface area contributed by atoms with Crippen LogP contribution in [0.25, 0.3) is 0 Å². The van der Waals surface area contributed by atoms with Crippen LogP contribution in [0.5, 0.6) is 0 Å². The molecule has 0 aromatic carbocycles. The summed E-state index contributed by atoms with van der Waals surface area (Å²) in [5, 5.41) is 0. The Morgan fingerprint density at radius 3 is 2.58 bits per heavy atom. The fourth-order valence-electron chi connectivity index (χ4n) is 2.61. The smallest absolute Gasteiger partial charge is 0.162 e. The zero-order valence-corrected chi connectivity index (χ0v) is 6.86. The maximum atomic E-state index is 11.5. The van der Waals surface area contributed by atoms with E-state index in [4.69, 9.17) is 4.74 Å². The average molecular weight is 162 g/mol. The van der Waals surface area contributed by atoms with Gasteiger partial charge in [0.15, 0.2) is 5.78 Å². The van der Waals surface area contributed by atoms with Crippen LogP contribution in [0.15, 0.2) is 23.8 Å². The highest BCUT2D eigenvalue weighted by Crippen LogP contribution is 2.46. The second-order valence-corrected chi connectivity index (χ2v) is 3.79. The van der Waals surface area contributed by atoms with Crippen molar-refractivity contribution < 1.29 is 9.53 Å². The zero-order valence-electron chi connectivity index (χ0n) is 6.86. The Morgan fingerprint density at radius 2 is 1.92 bits per heavy atom. The van der Waals surface area contributed by atoms with Gasteiger partial charge >= 0.3 is 0 Å². The summed E-state index contributed by atoms with van der Waals surface area (Å²) in [5.41, 5.74) is 1.20. The normalized spacial score (nSPS) is 48.4. The Bertz CT molecular complexity index is 314. The third-order valence-electron chi connectivity index (χ3n) is 3.12. The monoisotopic (exact) mass is 162 g/mol. The van der Waals surface area contributed by atoms with E-state index in [9.17, 15) is 4.79 Å². The van der Waals surface area contributed by atoms with Gasteiger partial charge in [-0.1, -0.05) is 17.7 Å². The summed E-state index contributed by atoms with van der Waals surface area (Å²) < 4.78 is 5.61. The molecule has 0 aromatic rings. The van der Waals surface area contributed by atoms with Crippen LogP contribution in [0.1, 0.15) is 6.92 Å². The van der Waals surface area contributed by atoms with Crippen molar-refractivity contribution in [1.29, 1.82) is 0 Å². The number of fused-ring (bicyclic) bond motifs is 5. The van der Waals surface area contributed by atoms with Gasteiger partial charge in [0.1, 0.15) is 0 Å². The molecule has 0 amide bonds. The number of rotatable bonds is 0. The van der Waals surface area contributed by atoms with Gasteiger partial charge in [0.2, 0.25) is 0 Å². The molecule has 2 bridgehead atoms. The van der Waals surface area contributed by atoms with Crippen LogP contribution in [0.3, 0.4) is 0 Å². The highest BCUT2D eigenvalue weighted by molar-refractivity contribution is 5.97. The maximum absolute atomic E-state index is 11.5. The van der Waals surface area contributed by atoms with Crippen molar-refractivity contribution in [2.75, 3.05) is 0 Å². The topological polar surface area (TPSA) is 26.3 Å². The highest BCUT2D eigenvalue weighted by Gasteiger charge is 2.52. The van der Waals surface area contributed by atoms with E-state index in [1.54, 1.807) is 6.08 Å². The SMILES string of the molecule is CC1=CC(=O)[C@H]2[C@@H]1[C@@H]1C=C[C@H]2O1. The lowest BCUT2D eigenvalue weighted by Crippen LogP contribution is -2.25. The van der Waals surface area contributed by atoms with Gasteiger partial charge in [-0.2, -0.15) is 0 Å². The molecule has 12 heavy (non-hydrogen) atoms. The molecule has 0 radical (unpaired) electrons. The number of carbonyl (C=O) groups is 1. The molecule has 2 aliphatic heterocycles. The molecule has 0 unspecified atom stereocenters. The van der Waals surface area contributed by atoms with E-state index in [0.717, 1.165) is 0 Å². The summed E-state index contributed by atoms with van der Waals surface area (Å²) in [6.07, 6.45) is 6.15. The molecule has 3 aliphatic rings. The molecule has 2 nitrogen and oxygen atoms in total. The van der Waals surface area contributed by atoms with Crippen LogP contribution in [-0.4, -0.2) is 18.0 Å². The van der Waals surface area contributed by atoms with Crippen molar-refractivity contribution in [2.24, 2.45) is 11.8 Å². The predicted octanol–water partition coefficient (Wildman–Crippen LogP) is 1.08. The molecule has 62 valence electrons. The van der Waals surface area contributed by atoms with E-state index in [1.165, 1.54) is 5.57 Å². The lowest BCUT2D eigenvalue weighted by molar-refractivity contribution is -0.118. The number of ether oxygens (including phenoxy) is 1. The molecule has 0 saturated carbocycles. The first kappa shape index (κ1) is 6.61. The molecule has 0 N–H and O–H groups in total. The summed E-state index contributed by atoms with van der Waals surface area (Å²) in [7, 11) is 0. The van der Waals surface area contributed by atoms with E-state index in [0.29, 0.717) is 5.92 Å². The lowest BCUT2D eigenvalue weighted by Gasteiger charge is -2.16. The largest absolute Gasteiger partial charge is 0.365 e. The predicted molar refractivity (Wildman–Crippen MR) is 43.5 cm³/mol. The molecule has 0 aromatic heterocycles. The Kier molecular flexibility index (Phi) is 1.04. The Hall–Kier alpha value is -0.890. The van der Waals surface area contributed by atoms with Crippen molar-refractivity contribution in [3.63, 3.8) is 0 Å². The first-order chi connectivity index (χ1) is 5.77. The number of carbonyl (C=O) groups excluding carboxylic acids is 1. The minimum atomic E-state index is 0.0706. The summed E-state index contributed by atoms with van der Waals surface area (Å²) >= 11 is 0. The molecule has 1 aliphatic carbocycles. The van der Waals surface area contributed by atoms with Crippen molar-refractivity contribution >= 4 is 5.78 Å². The molecule has 2 heterocycles. The maximum Gasteiger partial charge on any atom is 0.162 e. The van der Waals surface area contributed by atoms with Gasteiger partial charge in [-0.05, 0) is 13.0 Å². The van der Waals surface area contributed by atoms with Crippen LogP contribution in [0, 0.1) is 11.8 Å². The molecule has 3 rings (SSSR count). The van der Waals surface area contributed by atoms with E-state index in [-0.39, 0.29) is 23.9 Å². The van der Waals surface area contributed by atoms with Gasteiger partial charge < -0.3 is 4.74 Å². The van der Waals surface area contributed by atoms with Crippen molar-refractivity contribution in [2.45, 2.75) is 19.1 Å². The molecular weight excluding hydrogens is 152 g/mol. The van der Waals surface area contributed by atoms with E-state index < -0.39 is 0 Å². The van der Waals surface area contributed by atoms with Gasteiger partial charge in [0.05, 0.1) is 18.1 Å². The first-order valence-corrected chi connectivity index (χ1v) is 4.33. The minimum Gasteiger partial charge on any atom is -0.365 e. The summed E-state index contributed by atoms with van der Waals surface area (Å²) in [5.74, 6) is 0.724. The quantitative estimate of drug-likeness (QED) is 0.498. The van der Waals surface area contributed by atoms with Crippen LogP contribution in [0.2, 0.25) is 0 Å². The Morgan fingerprint density at radius 1 is 1.25 bits per heavy atom. The van der Waals surface area contributed by atoms with Crippen molar-refractivity contribution in [1.82, 2.24) is 0 Å². The van der Waals surface area contributed by atoms with Gasteiger partial charge in [-0.3, -0.25) is 4.79 Å². The fraction of sp³-hybridized carbons (Fsp3) is 0.500. The molecule has 0 spiro atoms. The molecule has 4 atom stereocenters. The third-order valence-corrected chi connectivity index (χ3v) is 3.12. The van der Waals surface area contributed by atoms with E-state index in [1.807, 2.05) is 13.0 Å². The lowest BCUT2D eigenvalue weighted by atomic mass is 9.82. The minimum absolute atomic E-state index is 0.0706. The number of ketones is 1. The van der Waals surface area contributed by atoms with Gasteiger partial charge in [-0.25, -0.2) is 0 Å².